The molecule has 0 heterocycles. The molecule has 0 aliphatic heterocycles. The standard InChI is InChI=1S/C6H12O6.2Na.H2O4S/c7-1-3(9)5(11)6(12)4(10)2-8;;;1-5(2,3)4/h1,3-6,8-12H,2H2;;;(H2,1,2,3,4)/q;2*+1;/p-2. The minimum atomic E-state index is -5.17. The monoisotopic (exact) mass is 322 g/mol. The Hall–Kier alpha value is 1.34. The largest absolute Gasteiger partial charge is 1.00 e. The predicted octanol–water partition coefficient (Wildman–Crippen LogP) is -10.7. The van der Waals surface area contributed by atoms with Gasteiger partial charge in [-0.1, -0.05) is 0 Å². The van der Waals surface area contributed by atoms with Crippen LogP contribution in [0.15, 0.2) is 0 Å². The summed E-state index contributed by atoms with van der Waals surface area (Å²) < 4.78 is 34.1. The summed E-state index contributed by atoms with van der Waals surface area (Å²) >= 11 is 0. The van der Waals surface area contributed by atoms with E-state index in [4.69, 9.17) is 43.1 Å². The van der Waals surface area contributed by atoms with E-state index in [0.29, 0.717) is 0 Å². The molecule has 0 saturated heterocycles. The Labute approximate surface area is 153 Å². The molecule has 0 aromatic heterocycles. The van der Waals surface area contributed by atoms with E-state index < -0.39 is 41.4 Å². The third-order valence-electron chi connectivity index (χ3n) is 1.42. The van der Waals surface area contributed by atoms with Gasteiger partial charge in [0, 0.05) is 10.4 Å². The van der Waals surface area contributed by atoms with E-state index in [2.05, 4.69) is 0 Å². The number of aliphatic hydroxyl groups is 5. The van der Waals surface area contributed by atoms with Crippen molar-refractivity contribution in [3.63, 3.8) is 0 Å². The maximum atomic E-state index is 9.90. The Morgan fingerprint density at radius 1 is 1.00 bits per heavy atom. The molecule has 19 heavy (non-hydrogen) atoms. The molecule has 0 bridgehead atoms. The molecule has 0 rings (SSSR count). The summed E-state index contributed by atoms with van der Waals surface area (Å²) in [5, 5.41) is 43.5. The molecule has 0 fully saturated rings. The third-order valence-corrected chi connectivity index (χ3v) is 1.42. The van der Waals surface area contributed by atoms with E-state index in [-0.39, 0.29) is 65.4 Å². The van der Waals surface area contributed by atoms with Gasteiger partial charge in [-0.2, -0.15) is 0 Å². The van der Waals surface area contributed by atoms with E-state index in [1.807, 2.05) is 0 Å². The smallest absolute Gasteiger partial charge is 0.759 e. The summed E-state index contributed by atoms with van der Waals surface area (Å²) in [6.45, 7) is -0.760. The van der Waals surface area contributed by atoms with Crippen LogP contribution in [0.1, 0.15) is 0 Å². The molecule has 0 aliphatic carbocycles. The summed E-state index contributed by atoms with van der Waals surface area (Å²) in [6, 6.07) is 0. The Kier molecular flexibility index (Phi) is 21.4. The number of carbonyl (C=O) groups is 1. The molecule has 0 saturated carbocycles. The van der Waals surface area contributed by atoms with Gasteiger partial charge >= 0.3 is 59.1 Å². The van der Waals surface area contributed by atoms with Crippen molar-refractivity contribution in [3.05, 3.63) is 0 Å². The molecule has 0 aromatic carbocycles. The minimum absolute atomic E-state index is 0. The molecule has 0 aliphatic rings. The molecule has 4 unspecified atom stereocenters. The van der Waals surface area contributed by atoms with Gasteiger partial charge in [-0.3, -0.25) is 8.42 Å². The van der Waals surface area contributed by atoms with Crippen LogP contribution in [0.4, 0.5) is 0 Å². The quantitative estimate of drug-likeness (QED) is 0.140. The van der Waals surface area contributed by atoms with Gasteiger partial charge in [0.15, 0.2) is 6.29 Å². The van der Waals surface area contributed by atoms with E-state index in [1.165, 1.54) is 0 Å². The molecule has 0 radical (unpaired) electrons. The fourth-order valence-corrected chi connectivity index (χ4v) is 0.618. The second-order valence-electron chi connectivity index (χ2n) is 2.77. The number of hydrogen-bond donors (Lipinski definition) is 5. The van der Waals surface area contributed by atoms with Gasteiger partial charge < -0.3 is 39.4 Å². The van der Waals surface area contributed by atoms with E-state index in [9.17, 15) is 4.79 Å². The van der Waals surface area contributed by atoms with Crippen LogP contribution in [0.5, 0.6) is 0 Å². The van der Waals surface area contributed by atoms with Crippen LogP contribution in [0.3, 0.4) is 0 Å². The Morgan fingerprint density at radius 2 is 1.32 bits per heavy atom. The van der Waals surface area contributed by atoms with Gasteiger partial charge in [-0.15, -0.1) is 0 Å². The van der Waals surface area contributed by atoms with Crippen LogP contribution < -0.4 is 59.1 Å². The first-order valence-corrected chi connectivity index (χ1v) is 5.33. The van der Waals surface area contributed by atoms with Crippen molar-refractivity contribution >= 4 is 16.7 Å². The molecule has 10 nitrogen and oxygen atoms in total. The molecule has 0 spiro atoms. The van der Waals surface area contributed by atoms with Gasteiger partial charge in [0.2, 0.25) is 0 Å². The van der Waals surface area contributed by atoms with Crippen molar-refractivity contribution < 1.29 is 107 Å². The van der Waals surface area contributed by atoms with Crippen LogP contribution in [0.2, 0.25) is 0 Å². The SMILES string of the molecule is O=CC(O)C(O)C(O)C(O)CO.O=S(=O)([O-])[O-].[Na+].[Na+]. The average molecular weight is 322 g/mol. The van der Waals surface area contributed by atoms with Crippen LogP contribution in [0.25, 0.3) is 0 Å². The zero-order valence-electron chi connectivity index (χ0n) is 10.3. The van der Waals surface area contributed by atoms with Crippen molar-refractivity contribution in [2.45, 2.75) is 24.4 Å². The second-order valence-corrected chi connectivity index (χ2v) is 3.58. The van der Waals surface area contributed by atoms with Crippen LogP contribution >= 0.6 is 0 Å². The summed E-state index contributed by atoms with van der Waals surface area (Å²) in [6.07, 6.45) is -6.84. The first-order chi connectivity index (χ1) is 7.54. The van der Waals surface area contributed by atoms with E-state index >= 15 is 0 Å². The van der Waals surface area contributed by atoms with Crippen LogP contribution in [-0.4, -0.2) is 80.4 Å². The number of rotatable bonds is 5. The van der Waals surface area contributed by atoms with Gasteiger partial charge in [0.1, 0.15) is 24.4 Å². The van der Waals surface area contributed by atoms with Crippen LogP contribution in [0, 0.1) is 0 Å². The molecular weight excluding hydrogens is 310 g/mol. The average Bonchev–Trinajstić information content (AvgIpc) is 2.22. The molecule has 5 N–H and O–H groups in total. The number of carbonyl (C=O) groups excluding carboxylic acids is 1. The maximum Gasteiger partial charge on any atom is 1.00 e. The fraction of sp³-hybridized carbons (Fsp3) is 0.833. The number of aldehydes is 1. The van der Waals surface area contributed by atoms with Crippen molar-refractivity contribution in [2.75, 3.05) is 6.61 Å². The summed E-state index contributed by atoms with van der Waals surface area (Å²) in [7, 11) is -5.17. The van der Waals surface area contributed by atoms with Crippen molar-refractivity contribution in [3.8, 4) is 0 Å². The molecular formula is C6H12Na2O10S. The van der Waals surface area contributed by atoms with Gasteiger partial charge in [0.25, 0.3) is 0 Å². The molecule has 104 valence electrons. The Bertz CT molecular complexity index is 301. The minimum Gasteiger partial charge on any atom is -0.759 e. The summed E-state index contributed by atoms with van der Waals surface area (Å²) in [5.74, 6) is 0. The first kappa shape index (κ1) is 28.5. The second kappa shape index (κ2) is 14.3. The summed E-state index contributed by atoms with van der Waals surface area (Å²) in [4.78, 5) is 9.90. The first-order valence-electron chi connectivity index (χ1n) is 3.99. The topological polar surface area (TPSA) is 198 Å². The summed E-state index contributed by atoms with van der Waals surface area (Å²) in [5.41, 5.74) is 0. The maximum absolute atomic E-state index is 9.90. The fourth-order valence-electron chi connectivity index (χ4n) is 0.618. The van der Waals surface area contributed by atoms with E-state index in [0.717, 1.165) is 0 Å². The van der Waals surface area contributed by atoms with Crippen molar-refractivity contribution in [2.24, 2.45) is 0 Å². The Morgan fingerprint density at radius 3 is 1.53 bits per heavy atom. The van der Waals surface area contributed by atoms with Gasteiger partial charge in [0.05, 0.1) is 6.61 Å². The third kappa shape index (κ3) is 19.3. The molecule has 0 aromatic rings. The van der Waals surface area contributed by atoms with Crippen molar-refractivity contribution in [1.29, 1.82) is 0 Å². The van der Waals surface area contributed by atoms with Crippen LogP contribution in [-0.2, 0) is 15.2 Å². The number of aliphatic hydroxyl groups excluding tert-OH is 5. The van der Waals surface area contributed by atoms with Gasteiger partial charge in [-0.05, 0) is 0 Å². The van der Waals surface area contributed by atoms with Gasteiger partial charge in [-0.25, -0.2) is 0 Å². The zero-order chi connectivity index (χ0) is 14.2. The molecule has 0 amide bonds. The molecule has 13 heteroatoms. The predicted molar refractivity (Wildman–Crippen MR) is 47.7 cm³/mol. The zero-order valence-corrected chi connectivity index (χ0v) is 15.1. The number of hydrogen-bond acceptors (Lipinski definition) is 10. The van der Waals surface area contributed by atoms with Crippen molar-refractivity contribution in [1.82, 2.24) is 0 Å². The Balaban J connectivity index is -0.000000139. The molecule has 4 atom stereocenters. The normalized spacial score (nSPS) is 16.4. The van der Waals surface area contributed by atoms with E-state index in [1.54, 1.807) is 0 Å².